The van der Waals surface area contributed by atoms with E-state index in [4.69, 9.17) is 37.4 Å². The molecule has 0 unspecified atom stereocenters. The number of likely N-dealkylation sites (N-methyl/N-ethyl adjacent to an activating group) is 1. The zero-order valence-corrected chi connectivity index (χ0v) is 18.2. The third-order valence-corrected chi connectivity index (χ3v) is 4.98. The molecule has 2 amide bonds. The van der Waals surface area contributed by atoms with Gasteiger partial charge in [-0.2, -0.15) is 0 Å². The van der Waals surface area contributed by atoms with E-state index in [2.05, 4.69) is 5.32 Å². The van der Waals surface area contributed by atoms with Crippen LogP contribution < -0.4 is 19.5 Å². The molecule has 2 aromatic carbocycles. The quantitative estimate of drug-likeness (QED) is 0.720. The number of amides is 2. The Labute approximate surface area is 184 Å². The maximum Gasteiger partial charge on any atom is 0.244 e. The van der Waals surface area contributed by atoms with E-state index in [9.17, 15) is 9.59 Å². The van der Waals surface area contributed by atoms with E-state index in [1.165, 1.54) is 12.0 Å². The Bertz CT molecular complexity index is 951. The molecule has 30 heavy (non-hydrogen) atoms. The zero-order valence-electron chi connectivity index (χ0n) is 16.7. The summed E-state index contributed by atoms with van der Waals surface area (Å²) < 4.78 is 16.5. The molecule has 1 aliphatic heterocycles. The standard InChI is InChI=1S/C21H22Cl2N2O5/c1-25(12-19(26)24-16-11-14(22)4-5-17(16)28-2)20(27)10-13-8-15(23)21-18(9-13)29-6-3-7-30-21/h4-5,8-9,11H,3,6-7,10,12H2,1-2H3,(H,24,26). The van der Waals surface area contributed by atoms with Gasteiger partial charge in [0.1, 0.15) is 5.75 Å². The minimum absolute atomic E-state index is 0.0701. The monoisotopic (exact) mass is 452 g/mol. The van der Waals surface area contributed by atoms with Gasteiger partial charge in [0.2, 0.25) is 11.8 Å². The molecule has 3 rings (SSSR count). The molecule has 7 nitrogen and oxygen atoms in total. The molecule has 1 aliphatic rings. The lowest BCUT2D eigenvalue weighted by Gasteiger charge is -2.18. The number of hydrogen-bond donors (Lipinski definition) is 1. The molecule has 0 bridgehead atoms. The molecular weight excluding hydrogens is 431 g/mol. The first-order valence-electron chi connectivity index (χ1n) is 9.32. The van der Waals surface area contributed by atoms with Crippen LogP contribution >= 0.6 is 23.2 Å². The van der Waals surface area contributed by atoms with Crippen LogP contribution in [0.15, 0.2) is 30.3 Å². The Morgan fingerprint density at radius 2 is 1.93 bits per heavy atom. The first-order valence-corrected chi connectivity index (χ1v) is 10.1. The number of carbonyl (C=O) groups excluding carboxylic acids is 2. The largest absolute Gasteiger partial charge is 0.495 e. The molecule has 0 saturated carbocycles. The van der Waals surface area contributed by atoms with Crippen LogP contribution in [0.2, 0.25) is 10.0 Å². The topological polar surface area (TPSA) is 77.1 Å². The minimum atomic E-state index is -0.372. The number of fused-ring (bicyclic) bond motifs is 1. The van der Waals surface area contributed by atoms with Crippen LogP contribution in [-0.4, -0.2) is 50.6 Å². The number of methoxy groups -OCH3 is 1. The summed E-state index contributed by atoms with van der Waals surface area (Å²) in [5.41, 5.74) is 1.11. The Balaban J connectivity index is 1.62. The van der Waals surface area contributed by atoms with E-state index >= 15 is 0 Å². The number of benzene rings is 2. The first kappa shape index (κ1) is 22.1. The van der Waals surface area contributed by atoms with E-state index in [0.29, 0.717) is 51.8 Å². The molecule has 0 aliphatic carbocycles. The van der Waals surface area contributed by atoms with Crippen molar-refractivity contribution in [2.45, 2.75) is 12.8 Å². The fourth-order valence-electron chi connectivity index (χ4n) is 2.97. The average molecular weight is 453 g/mol. The smallest absolute Gasteiger partial charge is 0.244 e. The second kappa shape index (κ2) is 9.91. The third-order valence-electron chi connectivity index (χ3n) is 4.46. The molecule has 160 valence electrons. The summed E-state index contributed by atoms with van der Waals surface area (Å²) in [5.74, 6) is 0.880. The summed E-state index contributed by atoms with van der Waals surface area (Å²) in [7, 11) is 3.05. The van der Waals surface area contributed by atoms with Crippen molar-refractivity contribution in [3.63, 3.8) is 0 Å². The van der Waals surface area contributed by atoms with Crippen LogP contribution in [0.25, 0.3) is 0 Å². The van der Waals surface area contributed by atoms with E-state index in [1.54, 1.807) is 37.4 Å². The Kier molecular flexibility index (Phi) is 7.29. The number of halogens is 2. The second-order valence-electron chi connectivity index (χ2n) is 6.77. The molecule has 0 spiro atoms. The minimum Gasteiger partial charge on any atom is -0.495 e. The van der Waals surface area contributed by atoms with Crippen molar-refractivity contribution < 1.29 is 23.8 Å². The Hall–Kier alpha value is -2.64. The molecule has 0 aromatic heterocycles. The molecule has 0 radical (unpaired) electrons. The lowest BCUT2D eigenvalue weighted by molar-refractivity contribution is -0.132. The van der Waals surface area contributed by atoms with Crippen molar-refractivity contribution in [1.29, 1.82) is 0 Å². The van der Waals surface area contributed by atoms with Gasteiger partial charge in [-0.15, -0.1) is 0 Å². The summed E-state index contributed by atoms with van der Waals surface area (Å²) in [5, 5.41) is 3.56. The van der Waals surface area contributed by atoms with Gasteiger partial charge in [-0.3, -0.25) is 9.59 Å². The highest BCUT2D eigenvalue weighted by Crippen LogP contribution is 2.38. The SMILES string of the molecule is COc1ccc(Cl)cc1NC(=O)CN(C)C(=O)Cc1cc(Cl)c2c(c1)OCCCO2. The van der Waals surface area contributed by atoms with Crippen LogP contribution in [0.5, 0.6) is 17.2 Å². The summed E-state index contributed by atoms with van der Waals surface area (Å²) in [4.78, 5) is 26.3. The number of nitrogens with zero attached hydrogens (tertiary/aromatic N) is 1. The van der Waals surface area contributed by atoms with Crippen molar-refractivity contribution >= 4 is 40.7 Å². The summed E-state index contributed by atoms with van der Waals surface area (Å²) in [6.45, 7) is 0.917. The summed E-state index contributed by atoms with van der Waals surface area (Å²) in [6.07, 6.45) is 0.829. The van der Waals surface area contributed by atoms with Gasteiger partial charge >= 0.3 is 0 Å². The molecular formula is C21H22Cl2N2O5. The van der Waals surface area contributed by atoms with E-state index < -0.39 is 0 Å². The van der Waals surface area contributed by atoms with Gasteiger partial charge in [0.15, 0.2) is 11.5 Å². The zero-order chi connectivity index (χ0) is 21.7. The third kappa shape index (κ3) is 5.49. The average Bonchev–Trinajstić information content (AvgIpc) is 2.94. The van der Waals surface area contributed by atoms with Crippen molar-refractivity contribution in [3.05, 3.63) is 45.9 Å². The van der Waals surface area contributed by atoms with E-state index in [0.717, 1.165) is 6.42 Å². The van der Waals surface area contributed by atoms with Crippen LogP contribution in [-0.2, 0) is 16.0 Å². The van der Waals surface area contributed by atoms with Crippen LogP contribution in [0.4, 0.5) is 5.69 Å². The highest BCUT2D eigenvalue weighted by atomic mass is 35.5. The fourth-order valence-corrected chi connectivity index (χ4v) is 3.43. The van der Waals surface area contributed by atoms with Crippen LogP contribution in [0, 0.1) is 0 Å². The number of rotatable bonds is 6. The van der Waals surface area contributed by atoms with Gasteiger partial charge in [-0.05, 0) is 35.9 Å². The van der Waals surface area contributed by atoms with Gasteiger partial charge in [0.05, 0.1) is 44.0 Å². The number of anilines is 1. The second-order valence-corrected chi connectivity index (χ2v) is 7.62. The highest BCUT2D eigenvalue weighted by molar-refractivity contribution is 6.32. The number of nitrogens with one attached hydrogen (secondary N) is 1. The van der Waals surface area contributed by atoms with Gasteiger partial charge < -0.3 is 24.4 Å². The van der Waals surface area contributed by atoms with Gasteiger partial charge in [-0.1, -0.05) is 23.2 Å². The normalized spacial score (nSPS) is 12.7. The molecule has 0 fully saturated rings. The van der Waals surface area contributed by atoms with Crippen LogP contribution in [0.3, 0.4) is 0 Å². The predicted molar refractivity (Wildman–Crippen MR) is 115 cm³/mol. The van der Waals surface area contributed by atoms with Gasteiger partial charge in [0, 0.05) is 18.5 Å². The maximum atomic E-state index is 12.6. The lowest BCUT2D eigenvalue weighted by Crippen LogP contribution is -2.35. The number of carbonyl (C=O) groups is 2. The van der Waals surface area contributed by atoms with Crippen molar-refractivity contribution in [3.8, 4) is 17.2 Å². The van der Waals surface area contributed by atoms with Crippen molar-refractivity contribution in [1.82, 2.24) is 4.90 Å². The number of ether oxygens (including phenoxy) is 3. The Morgan fingerprint density at radius 1 is 1.17 bits per heavy atom. The maximum absolute atomic E-state index is 12.6. The van der Waals surface area contributed by atoms with Crippen LogP contribution in [0.1, 0.15) is 12.0 Å². The fraction of sp³-hybridized carbons (Fsp3) is 0.333. The summed E-state index contributed by atoms with van der Waals surface area (Å²) in [6, 6.07) is 8.32. The molecule has 0 atom stereocenters. The molecule has 1 heterocycles. The molecule has 0 saturated heterocycles. The molecule has 1 N–H and O–H groups in total. The highest BCUT2D eigenvalue weighted by Gasteiger charge is 2.19. The van der Waals surface area contributed by atoms with Gasteiger partial charge in [-0.25, -0.2) is 0 Å². The van der Waals surface area contributed by atoms with Gasteiger partial charge in [0.25, 0.3) is 0 Å². The first-order chi connectivity index (χ1) is 14.4. The predicted octanol–water partition coefficient (Wildman–Crippen LogP) is 3.80. The van der Waals surface area contributed by atoms with E-state index in [1.807, 2.05) is 0 Å². The summed E-state index contributed by atoms with van der Waals surface area (Å²) >= 11 is 12.3. The Morgan fingerprint density at radius 3 is 2.70 bits per heavy atom. The van der Waals surface area contributed by atoms with Crippen molar-refractivity contribution in [2.75, 3.05) is 39.2 Å². The molecule has 2 aromatic rings. The van der Waals surface area contributed by atoms with Crippen molar-refractivity contribution in [2.24, 2.45) is 0 Å². The number of hydrogen-bond acceptors (Lipinski definition) is 5. The lowest BCUT2D eigenvalue weighted by atomic mass is 10.1. The molecule has 9 heteroatoms. The van der Waals surface area contributed by atoms with E-state index in [-0.39, 0.29) is 24.8 Å².